The summed E-state index contributed by atoms with van der Waals surface area (Å²) in [5.41, 5.74) is -0.338. The lowest BCUT2D eigenvalue weighted by Crippen LogP contribution is -2.52. The Morgan fingerprint density at radius 2 is 1.56 bits per heavy atom. The van der Waals surface area contributed by atoms with Gasteiger partial charge in [0.2, 0.25) is 0 Å². The van der Waals surface area contributed by atoms with Crippen LogP contribution in [0.15, 0.2) is 12.1 Å². The van der Waals surface area contributed by atoms with Crippen LogP contribution in [0.4, 0.5) is 23.7 Å². The third-order valence-corrected chi connectivity index (χ3v) is 5.22. The number of piperazine rings is 1. The van der Waals surface area contributed by atoms with Gasteiger partial charge in [-0.15, -0.1) is 0 Å². The van der Waals surface area contributed by atoms with Crippen LogP contribution in [-0.2, 0) is 0 Å². The zero-order chi connectivity index (χ0) is 17.8. The monoisotopic (exact) mass is 355 g/mol. The predicted octanol–water partition coefficient (Wildman–Crippen LogP) is 3.98. The number of nitrogens with zero attached hydrogens (tertiary/aromatic N) is 2. The second-order valence-electron chi connectivity index (χ2n) is 6.82. The number of anilines is 1. The van der Waals surface area contributed by atoms with Crippen LogP contribution in [0.2, 0.25) is 0 Å². The van der Waals surface area contributed by atoms with Crippen LogP contribution in [0.5, 0.6) is 0 Å². The van der Waals surface area contributed by atoms with Crippen LogP contribution >= 0.6 is 0 Å². The molecule has 1 aromatic rings. The van der Waals surface area contributed by atoms with Gasteiger partial charge in [-0.1, -0.05) is 25.7 Å². The molecule has 0 aromatic heterocycles. The van der Waals surface area contributed by atoms with Gasteiger partial charge >= 0.3 is 6.03 Å². The Balaban J connectivity index is 1.54. The van der Waals surface area contributed by atoms with E-state index in [1.807, 2.05) is 0 Å². The molecule has 4 nitrogen and oxygen atoms in total. The van der Waals surface area contributed by atoms with Crippen molar-refractivity contribution in [1.29, 1.82) is 0 Å². The largest absolute Gasteiger partial charge is 0.322 e. The van der Waals surface area contributed by atoms with Crippen molar-refractivity contribution < 1.29 is 18.0 Å². The van der Waals surface area contributed by atoms with E-state index in [-0.39, 0.29) is 5.69 Å². The maximum Gasteiger partial charge on any atom is 0.322 e. The summed E-state index contributed by atoms with van der Waals surface area (Å²) in [5.74, 6) is -4.21. The van der Waals surface area contributed by atoms with Crippen molar-refractivity contribution in [2.45, 2.75) is 44.6 Å². The summed E-state index contributed by atoms with van der Waals surface area (Å²) in [4.78, 5) is 16.3. The summed E-state index contributed by atoms with van der Waals surface area (Å²) in [7, 11) is 0. The number of rotatable bonds is 2. The molecule has 1 saturated carbocycles. The van der Waals surface area contributed by atoms with Crippen LogP contribution in [0.25, 0.3) is 0 Å². The molecule has 0 radical (unpaired) electrons. The zero-order valence-electron chi connectivity index (χ0n) is 14.2. The Morgan fingerprint density at radius 1 is 0.920 bits per heavy atom. The molecule has 1 saturated heterocycles. The van der Waals surface area contributed by atoms with Gasteiger partial charge in [-0.3, -0.25) is 4.90 Å². The maximum atomic E-state index is 13.7. The molecule has 3 rings (SSSR count). The van der Waals surface area contributed by atoms with Crippen molar-refractivity contribution in [1.82, 2.24) is 9.80 Å². The van der Waals surface area contributed by atoms with E-state index in [9.17, 15) is 18.0 Å². The van der Waals surface area contributed by atoms with E-state index >= 15 is 0 Å². The number of hydrogen-bond donors (Lipinski definition) is 1. The lowest BCUT2D eigenvalue weighted by atomic mass is 10.1. The van der Waals surface area contributed by atoms with Crippen molar-refractivity contribution in [2.24, 2.45) is 0 Å². The Morgan fingerprint density at radius 3 is 2.20 bits per heavy atom. The number of hydrogen-bond acceptors (Lipinski definition) is 2. The van der Waals surface area contributed by atoms with Gasteiger partial charge in [0.15, 0.2) is 17.5 Å². The predicted molar refractivity (Wildman–Crippen MR) is 90.0 cm³/mol. The van der Waals surface area contributed by atoms with Crippen LogP contribution in [0.1, 0.15) is 38.5 Å². The minimum Gasteiger partial charge on any atom is -0.322 e. The quantitative estimate of drug-likeness (QED) is 0.643. The van der Waals surface area contributed by atoms with Gasteiger partial charge in [0.1, 0.15) is 0 Å². The normalized spacial score (nSPS) is 20.4. The molecule has 0 atom stereocenters. The number of benzene rings is 1. The number of amides is 2. The molecule has 2 aliphatic rings. The fourth-order valence-corrected chi connectivity index (χ4v) is 3.73. The van der Waals surface area contributed by atoms with Gasteiger partial charge in [-0.25, -0.2) is 18.0 Å². The molecular formula is C18H24F3N3O. The molecule has 7 heteroatoms. The van der Waals surface area contributed by atoms with E-state index < -0.39 is 23.5 Å². The van der Waals surface area contributed by atoms with Gasteiger partial charge < -0.3 is 10.2 Å². The molecule has 25 heavy (non-hydrogen) atoms. The SMILES string of the molecule is O=C(Nc1ccc(F)c(F)c1F)N1CCN(C2CCCCCC2)CC1. The van der Waals surface area contributed by atoms with Crippen molar-refractivity contribution in [2.75, 3.05) is 31.5 Å². The van der Waals surface area contributed by atoms with Crippen molar-refractivity contribution in [3.05, 3.63) is 29.6 Å². The number of urea groups is 1. The van der Waals surface area contributed by atoms with E-state index in [1.165, 1.54) is 38.5 Å². The lowest BCUT2D eigenvalue weighted by molar-refractivity contribution is 0.105. The first-order chi connectivity index (χ1) is 12.1. The summed E-state index contributed by atoms with van der Waals surface area (Å²) in [5, 5.41) is 2.34. The Hall–Kier alpha value is -1.76. The fraction of sp³-hybridized carbons (Fsp3) is 0.611. The highest BCUT2D eigenvalue weighted by Gasteiger charge is 2.27. The molecule has 0 unspecified atom stereocenters. The molecule has 138 valence electrons. The summed E-state index contributed by atoms with van der Waals surface area (Å²) < 4.78 is 39.9. The molecule has 2 amide bonds. The smallest absolute Gasteiger partial charge is 0.322 e. The number of halogens is 3. The van der Waals surface area contributed by atoms with Crippen molar-refractivity contribution in [3.63, 3.8) is 0 Å². The van der Waals surface area contributed by atoms with Gasteiger partial charge in [-0.05, 0) is 25.0 Å². The van der Waals surface area contributed by atoms with Gasteiger partial charge in [-0.2, -0.15) is 0 Å². The highest BCUT2D eigenvalue weighted by molar-refractivity contribution is 5.89. The van der Waals surface area contributed by atoms with Crippen molar-refractivity contribution >= 4 is 11.7 Å². The van der Waals surface area contributed by atoms with E-state index in [1.54, 1.807) is 4.90 Å². The third kappa shape index (κ3) is 4.26. The van der Waals surface area contributed by atoms with Crippen LogP contribution in [0, 0.1) is 17.5 Å². The Labute approximate surface area is 146 Å². The van der Waals surface area contributed by atoms with Gasteiger partial charge in [0.05, 0.1) is 5.69 Å². The highest BCUT2D eigenvalue weighted by atomic mass is 19.2. The molecule has 1 aliphatic heterocycles. The lowest BCUT2D eigenvalue weighted by Gasteiger charge is -2.39. The molecular weight excluding hydrogens is 331 g/mol. The molecule has 1 N–H and O–H groups in total. The number of nitrogens with one attached hydrogen (secondary N) is 1. The minimum absolute atomic E-state index is 0.338. The first-order valence-electron chi connectivity index (χ1n) is 8.99. The molecule has 1 aliphatic carbocycles. The minimum atomic E-state index is -1.57. The van der Waals surface area contributed by atoms with Crippen LogP contribution < -0.4 is 5.32 Å². The second-order valence-corrected chi connectivity index (χ2v) is 6.82. The molecule has 2 fully saturated rings. The Bertz CT molecular complexity index is 610. The van der Waals surface area contributed by atoms with E-state index in [4.69, 9.17) is 0 Å². The summed E-state index contributed by atoms with van der Waals surface area (Å²) in [6, 6.07) is 1.95. The molecule has 0 bridgehead atoms. The average Bonchev–Trinajstić information content (AvgIpc) is 2.92. The van der Waals surface area contributed by atoms with E-state index in [2.05, 4.69) is 10.2 Å². The van der Waals surface area contributed by atoms with Gasteiger partial charge in [0, 0.05) is 32.2 Å². The van der Waals surface area contributed by atoms with Crippen LogP contribution in [-0.4, -0.2) is 48.1 Å². The summed E-state index contributed by atoms with van der Waals surface area (Å²) in [6.07, 6.45) is 7.57. The number of carbonyl (C=O) groups is 1. The summed E-state index contributed by atoms with van der Waals surface area (Å²) >= 11 is 0. The first-order valence-corrected chi connectivity index (χ1v) is 8.99. The zero-order valence-corrected chi connectivity index (χ0v) is 14.2. The first kappa shape index (κ1) is 18.0. The number of carbonyl (C=O) groups excluding carboxylic acids is 1. The van der Waals surface area contributed by atoms with Gasteiger partial charge in [0.25, 0.3) is 0 Å². The topological polar surface area (TPSA) is 35.6 Å². The molecule has 1 heterocycles. The fourth-order valence-electron chi connectivity index (χ4n) is 3.73. The summed E-state index contributed by atoms with van der Waals surface area (Å²) in [6.45, 7) is 2.68. The second kappa shape index (κ2) is 8.08. The highest BCUT2D eigenvalue weighted by Crippen LogP contribution is 2.24. The molecule has 1 aromatic carbocycles. The van der Waals surface area contributed by atoms with E-state index in [0.29, 0.717) is 19.1 Å². The van der Waals surface area contributed by atoms with Crippen LogP contribution in [0.3, 0.4) is 0 Å². The standard InChI is InChI=1S/C18H24F3N3O/c19-14-7-8-15(17(21)16(14)20)22-18(25)24-11-9-23(10-12-24)13-5-3-1-2-4-6-13/h7-8,13H,1-6,9-12H2,(H,22,25). The maximum absolute atomic E-state index is 13.7. The van der Waals surface area contributed by atoms with Crippen molar-refractivity contribution in [3.8, 4) is 0 Å². The van der Waals surface area contributed by atoms with E-state index in [0.717, 1.165) is 25.2 Å². The average molecular weight is 355 g/mol. The molecule has 0 spiro atoms. The Kier molecular flexibility index (Phi) is 5.83. The third-order valence-electron chi connectivity index (χ3n) is 5.22.